The average molecular weight is 255 g/mol. The van der Waals surface area contributed by atoms with Gasteiger partial charge in [-0.3, -0.25) is 0 Å². The third-order valence-corrected chi connectivity index (χ3v) is 2.90. The van der Waals surface area contributed by atoms with E-state index in [1.165, 1.54) is 0 Å². The van der Waals surface area contributed by atoms with Crippen LogP contribution in [-0.4, -0.2) is 0 Å². The zero-order valence-corrected chi connectivity index (χ0v) is 10.2. The summed E-state index contributed by atoms with van der Waals surface area (Å²) < 4.78 is 0. The maximum atomic E-state index is 5.94. The van der Waals surface area contributed by atoms with Crippen LogP contribution in [0.4, 0.5) is 0 Å². The molecule has 0 saturated heterocycles. The van der Waals surface area contributed by atoms with E-state index in [2.05, 4.69) is 12.6 Å². The van der Waals surface area contributed by atoms with Crippen LogP contribution in [0.1, 0.15) is 0 Å². The van der Waals surface area contributed by atoms with Crippen LogP contribution in [0.5, 0.6) is 0 Å². The standard InChI is InChI=1S/C12H8Cl2S/c13-9-5-8(6-10(14)7-9)11-3-1-2-4-12(11)15/h1-7,15H. The summed E-state index contributed by atoms with van der Waals surface area (Å²) in [5.74, 6) is 0. The normalized spacial score (nSPS) is 10.3. The summed E-state index contributed by atoms with van der Waals surface area (Å²) in [7, 11) is 0. The predicted molar refractivity (Wildman–Crippen MR) is 69.2 cm³/mol. The molecule has 2 rings (SSSR count). The number of hydrogen-bond donors (Lipinski definition) is 1. The third-order valence-electron chi connectivity index (χ3n) is 2.08. The molecule has 0 aliphatic heterocycles. The van der Waals surface area contributed by atoms with Crippen LogP contribution in [0.3, 0.4) is 0 Å². The Morgan fingerprint density at radius 2 is 1.47 bits per heavy atom. The van der Waals surface area contributed by atoms with E-state index in [0.717, 1.165) is 16.0 Å². The summed E-state index contributed by atoms with van der Waals surface area (Å²) in [6.07, 6.45) is 0. The van der Waals surface area contributed by atoms with E-state index in [1.54, 1.807) is 6.07 Å². The van der Waals surface area contributed by atoms with E-state index in [9.17, 15) is 0 Å². The topological polar surface area (TPSA) is 0 Å². The van der Waals surface area contributed by atoms with Crippen molar-refractivity contribution in [3.05, 3.63) is 52.5 Å². The molecule has 2 aromatic rings. The van der Waals surface area contributed by atoms with Crippen molar-refractivity contribution in [3.63, 3.8) is 0 Å². The van der Waals surface area contributed by atoms with E-state index in [-0.39, 0.29) is 0 Å². The Morgan fingerprint density at radius 3 is 2.07 bits per heavy atom. The number of hydrogen-bond acceptors (Lipinski definition) is 1. The van der Waals surface area contributed by atoms with Gasteiger partial charge in [-0.2, -0.15) is 0 Å². The predicted octanol–water partition coefficient (Wildman–Crippen LogP) is 4.95. The first kappa shape index (κ1) is 10.9. The number of rotatable bonds is 1. The second-order valence-electron chi connectivity index (χ2n) is 3.18. The van der Waals surface area contributed by atoms with Gasteiger partial charge in [-0.05, 0) is 35.4 Å². The minimum Gasteiger partial charge on any atom is -0.143 e. The van der Waals surface area contributed by atoms with Crippen molar-refractivity contribution in [2.24, 2.45) is 0 Å². The van der Waals surface area contributed by atoms with Crippen molar-refractivity contribution in [2.75, 3.05) is 0 Å². The Labute approximate surface area is 104 Å². The highest BCUT2D eigenvalue weighted by Crippen LogP contribution is 2.30. The molecule has 0 bridgehead atoms. The molecule has 0 unspecified atom stereocenters. The summed E-state index contributed by atoms with van der Waals surface area (Å²) >= 11 is 16.3. The Bertz CT molecular complexity index is 474. The molecular weight excluding hydrogens is 247 g/mol. The van der Waals surface area contributed by atoms with Gasteiger partial charge < -0.3 is 0 Å². The fraction of sp³-hybridized carbons (Fsp3) is 0. The molecule has 0 fully saturated rings. The average Bonchev–Trinajstić information content (AvgIpc) is 2.16. The van der Waals surface area contributed by atoms with Crippen LogP contribution < -0.4 is 0 Å². The van der Waals surface area contributed by atoms with E-state index < -0.39 is 0 Å². The molecule has 0 saturated carbocycles. The van der Waals surface area contributed by atoms with Crippen LogP contribution in [0, 0.1) is 0 Å². The molecule has 0 radical (unpaired) electrons. The van der Waals surface area contributed by atoms with Crippen molar-refractivity contribution in [1.82, 2.24) is 0 Å². The SMILES string of the molecule is Sc1ccccc1-c1cc(Cl)cc(Cl)c1. The molecule has 0 aromatic heterocycles. The Hall–Kier alpha value is -0.630. The molecule has 2 aromatic carbocycles. The molecule has 0 nitrogen and oxygen atoms in total. The van der Waals surface area contributed by atoms with Gasteiger partial charge in [-0.1, -0.05) is 41.4 Å². The maximum absolute atomic E-state index is 5.94. The lowest BCUT2D eigenvalue weighted by Gasteiger charge is -2.06. The highest BCUT2D eigenvalue weighted by atomic mass is 35.5. The van der Waals surface area contributed by atoms with E-state index >= 15 is 0 Å². The number of benzene rings is 2. The van der Waals surface area contributed by atoms with Gasteiger partial charge in [-0.15, -0.1) is 12.6 Å². The molecule has 0 heterocycles. The summed E-state index contributed by atoms with van der Waals surface area (Å²) in [5, 5.41) is 1.27. The zero-order valence-electron chi connectivity index (χ0n) is 7.74. The van der Waals surface area contributed by atoms with Gasteiger partial charge in [0.05, 0.1) is 0 Å². The lowest BCUT2D eigenvalue weighted by Crippen LogP contribution is -1.80. The Kier molecular flexibility index (Phi) is 3.25. The smallest absolute Gasteiger partial charge is 0.0426 e. The highest BCUT2D eigenvalue weighted by Gasteiger charge is 2.03. The van der Waals surface area contributed by atoms with Crippen molar-refractivity contribution in [3.8, 4) is 11.1 Å². The molecule has 15 heavy (non-hydrogen) atoms. The van der Waals surface area contributed by atoms with Crippen LogP contribution >= 0.6 is 35.8 Å². The van der Waals surface area contributed by atoms with Crippen molar-refractivity contribution < 1.29 is 0 Å². The monoisotopic (exact) mass is 254 g/mol. The number of thiol groups is 1. The molecule has 0 aliphatic carbocycles. The molecule has 0 N–H and O–H groups in total. The second kappa shape index (κ2) is 4.48. The van der Waals surface area contributed by atoms with E-state index in [0.29, 0.717) is 10.0 Å². The second-order valence-corrected chi connectivity index (χ2v) is 4.53. The maximum Gasteiger partial charge on any atom is 0.0426 e. The molecule has 3 heteroatoms. The van der Waals surface area contributed by atoms with Crippen LogP contribution in [0.15, 0.2) is 47.4 Å². The fourth-order valence-electron chi connectivity index (χ4n) is 1.43. The van der Waals surface area contributed by atoms with Gasteiger partial charge in [0.15, 0.2) is 0 Å². The largest absolute Gasteiger partial charge is 0.143 e. The highest BCUT2D eigenvalue weighted by molar-refractivity contribution is 7.80. The summed E-state index contributed by atoms with van der Waals surface area (Å²) in [5.41, 5.74) is 2.02. The Morgan fingerprint density at radius 1 is 0.867 bits per heavy atom. The minimum absolute atomic E-state index is 0.633. The van der Waals surface area contributed by atoms with Crippen molar-refractivity contribution in [1.29, 1.82) is 0 Å². The van der Waals surface area contributed by atoms with Crippen molar-refractivity contribution >= 4 is 35.8 Å². The summed E-state index contributed by atoms with van der Waals surface area (Å²) in [6.45, 7) is 0. The van der Waals surface area contributed by atoms with Crippen LogP contribution in [-0.2, 0) is 0 Å². The van der Waals surface area contributed by atoms with Crippen LogP contribution in [0.2, 0.25) is 10.0 Å². The zero-order chi connectivity index (χ0) is 10.8. The van der Waals surface area contributed by atoms with Gasteiger partial charge >= 0.3 is 0 Å². The Balaban J connectivity index is 2.59. The lowest BCUT2D eigenvalue weighted by molar-refractivity contribution is 1.46. The van der Waals surface area contributed by atoms with E-state index in [4.69, 9.17) is 23.2 Å². The molecular formula is C12H8Cl2S. The van der Waals surface area contributed by atoms with Gasteiger partial charge in [0.2, 0.25) is 0 Å². The lowest BCUT2D eigenvalue weighted by atomic mass is 10.1. The van der Waals surface area contributed by atoms with Gasteiger partial charge in [-0.25, -0.2) is 0 Å². The fourth-order valence-corrected chi connectivity index (χ4v) is 2.24. The molecule has 0 spiro atoms. The molecule has 0 aliphatic rings. The van der Waals surface area contributed by atoms with Crippen LogP contribution in [0.25, 0.3) is 11.1 Å². The summed E-state index contributed by atoms with van der Waals surface area (Å²) in [4.78, 5) is 0.913. The molecule has 0 amide bonds. The van der Waals surface area contributed by atoms with Gasteiger partial charge in [0.25, 0.3) is 0 Å². The third kappa shape index (κ3) is 2.49. The first-order valence-corrected chi connectivity index (χ1v) is 5.61. The molecule has 76 valence electrons. The quantitative estimate of drug-likeness (QED) is 0.685. The van der Waals surface area contributed by atoms with Gasteiger partial charge in [0.1, 0.15) is 0 Å². The minimum atomic E-state index is 0.633. The first-order valence-electron chi connectivity index (χ1n) is 4.41. The summed E-state index contributed by atoms with van der Waals surface area (Å²) in [6, 6.07) is 13.3. The van der Waals surface area contributed by atoms with Gasteiger partial charge in [0, 0.05) is 14.9 Å². The number of halogens is 2. The van der Waals surface area contributed by atoms with Crippen molar-refractivity contribution in [2.45, 2.75) is 4.90 Å². The molecule has 0 atom stereocenters. The van der Waals surface area contributed by atoms with E-state index in [1.807, 2.05) is 36.4 Å². The first-order chi connectivity index (χ1) is 7.16.